The van der Waals surface area contributed by atoms with Gasteiger partial charge in [-0.05, 0) is 90.2 Å². The van der Waals surface area contributed by atoms with Crippen molar-refractivity contribution in [2.24, 2.45) is 9.98 Å². The number of hydrogen-bond acceptors (Lipinski definition) is 8. The zero-order valence-corrected chi connectivity index (χ0v) is 28.1. The van der Waals surface area contributed by atoms with Gasteiger partial charge in [0.1, 0.15) is 5.69 Å². The lowest BCUT2D eigenvalue weighted by atomic mass is 10.1. The SMILES string of the molecule is CN(C)CCCCN=Cc1ccc(-c2nc(-c3ccc(C=NCCCCN(C)C)cc3)c3c(n2)N(c2ccccc2)CN3C)cc1. The number of aromatic nitrogens is 2. The topological polar surface area (TPSA) is 63.5 Å². The van der Waals surface area contributed by atoms with Crippen LogP contribution in [0.15, 0.2) is 88.8 Å². The van der Waals surface area contributed by atoms with Crippen molar-refractivity contribution in [3.8, 4) is 22.6 Å². The first-order valence-corrected chi connectivity index (χ1v) is 16.3. The lowest BCUT2D eigenvalue weighted by molar-refractivity contribution is 0.396. The molecule has 0 aliphatic carbocycles. The molecule has 1 aliphatic heterocycles. The highest BCUT2D eigenvalue weighted by atomic mass is 15.4. The molecule has 3 aromatic carbocycles. The number of fused-ring (bicyclic) bond motifs is 1. The van der Waals surface area contributed by atoms with Crippen LogP contribution in [0.5, 0.6) is 0 Å². The molecule has 0 N–H and O–H groups in total. The van der Waals surface area contributed by atoms with Crippen molar-refractivity contribution in [3.63, 3.8) is 0 Å². The summed E-state index contributed by atoms with van der Waals surface area (Å²) >= 11 is 0. The van der Waals surface area contributed by atoms with Crippen molar-refractivity contribution in [1.29, 1.82) is 0 Å². The maximum absolute atomic E-state index is 5.19. The maximum atomic E-state index is 5.19. The highest BCUT2D eigenvalue weighted by molar-refractivity contribution is 5.92. The molecule has 1 aliphatic rings. The third kappa shape index (κ3) is 8.86. The van der Waals surface area contributed by atoms with Crippen molar-refractivity contribution >= 4 is 29.6 Å². The number of nitrogens with zero attached hydrogens (tertiary/aromatic N) is 8. The van der Waals surface area contributed by atoms with Crippen molar-refractivity contribution in [2.45, 2.75) is 25.7 Å². The van der Waals surface area contributed by atoms with Gasteiger partial charge in [0, 0.05) is 49.4 Å². The first-order chi connectivity index (χ1) is 22.4. The van der Waals surface area contributed by atoms with Gasteiger partial charge in [-0.2, -0.15) is 0 Å². The van der Waals surface area contributed by atoms with E-state index in [0.29, 0.717) is 12.5 Å². The summed E-state index contributed by atoms with van der Waals surface area (Å²) < 4.78 is 0. The molecule has 46 heavy (non-hydrogen) atoms. The van der Waals surface area contributed by atoms with E-state index < -0.39 is 0 Å². The van der Waals surface area contributed by atoms with Crippen LogP contribution in [0.3, 0.4) is 0 Å². The Morgan fingerprint density at radius 1 is 0.674 bits per heavy atom. The molecule has 0 radical (unpaired) electrons. The van der Waals surface area contributed by atoms with Crippen molar-refractivity contribution in [1.82, 2.24) is 19.8 Å². The smallest absolute Gasteiger partial charge is 0.163 e. The van der Waals surface area contributed by atoms with Gasteiger partial charge in [0.05, 0.1) is 12.4 Å². The predicted octanol–water partition coefficient (Wildman–Crippen LogP) is 6.88. The molecular weight excluding hydrogens is 568 g/mol. The largest absolute Gasteiger partial charge is 0.352 e. The third-order valence-electron chi connectivity index (χ3n) is 8.04. The van der Waals surface area contributed by atoms with Gasteiger partial charge >= 0.3 is 0 Å². The molecule has 8 heteroatoms. The number of anilines is 3. The third-order valence-corrected chi connectivity index (χ3v) is 8.04. The van der Waals surface area contributed by atoms with E-state index in [4.69, 9.17) is 9.97 Å². The van der Waals surface area contributed by atoms with Crippen LogP contribution in [-0.2, 0) is 0 Å². The number of para-hydroxylation sites is 1. The van der Waals surface area contributed by atoms with Crippen LogP contribution in [0.25, 0.3) is 22.6 Å². The molecule has 0 unspecified atom stereocenters. The van der Waals surface area contributed by atoms with Gasteiger partial charge in [0.2, 0.25) is 0 Å². The summed E-state index contributed by atoms with van der Waals surface area (Å²) in [5.74, 6) is 1.63. The molecule has 0 bridgehead atoms. The molecule has 5 rings (SSSR count). The van der Waals surface area contributed by atoms with Gasteiger partial charge in [-0.25, -0.2) is 9.97 Å². The molecule has 0 amide bonds. The van der Waals surface area contributed by atoms with Crippen molar-refractivity contribution < 1.29 is 0 Å². The lowest BCUT2D eigenvalue weighted by Gasteiger charge is -2.18. The normalized spacial score (nSPS) is 13.2. The molecule has 2 heterocycles. The molecule has 0 saturated carbocycles. The average molecular weight is 617 g/mol. The quantitative estimate of drug-likeness (QED) is 0.107. The van der Waals surface area contributed by atoms with Gasteiger partial charge in [0.25, 0.3) is 0 Å². The van der Waals surface area contributed by atoms with Crippen LogP contribution in [0, 0.1) is 0 Å². The zero-order valence-electron chi connectivity index (χ0n) is 28.1. The summed E-state index contributed by atoms with van der Waals surface area (Å²) in [5, 5.41) is 0. The summed E-state index contributed by atoms with van der Waals surface area (Å²) in [6.07, 6.45) is 8.45. The summed E-state index contributed by atoms with van der Waals surface area (Å²) in [6, 6.07) is 27.4. The van der Waals surface area contributed by atoms with Crippen LogP contribution in [0.4, 0.5) is 17.2 Å². The van der Waals surface area contributed by atoms with E-state index in [0.717, 1.165) is 97.0 Å². The fourth-order valence-corrected chi connectivity index (χ4v) is 5.52. The van der Waals surface area contributed by atoms with Gasteiger partial charge in [-0.15, -0.1) is 0 Å². The summed E-state index contributed by atoms with van der Waals surface area (Å²) in [4.78, 5) is 28.6. The Morgan fingerprint density at radius 3 is 1.76 bits per heavy atom. The van der Waals surface area contributed by atoms with E-state index in [1.54, 1.807) is 0 Å². The van der Waals surface area contributed by atoms with Crippen molar-refractivity contribution in [3.05, 3.63) is 90.0 Å². The molecule has 240 valence electrons. The monoisotopic (exact) mass is 616 g/mol. The number of unbranched alkanes of at least 4 members (excludes halogenated alkanes) is 2. The van der Waals surface area contributed by atoms with Crippen LogP contribution < -0.4 is 9.80 Å². The zero-order chi connectivity index (χ0) is 32.3. The maximum Gasteiger partial charge on any atom is 0.163 e. The van der Waals surface area contributed by atoms with E-state index >= 15 is 0 Å². The van der Waals surface area contributed by atoms with E-state index in [1.807, 2.05) is 18.5 Å². The Balaban J connectivity index is 1.40. The molecule has 1 aromatic heterocycles. The molecular formula is C38H48N8. The van der Waals surface area contributed by atoms with Crippen LogP contribution in [-0.4, -0.2) is 100 Å². The Hall–Kier alpha value is -4.40. The van der Waals surface area contributed by atoms with Gasteiger partial charge in [-0.3, -0.25) is 9.98 Å². The minimum Gasteiger partial charge on any atom is -0.352 e. The van der Waals surface area contributed by atoms with E-state index in [9.17, 15) is 0 Å². The van der Waals surface area contributed by atoms with E-state index in [-0.39, 0.29) is 0 Å². The number of rotatable bonds is 15. The van der Waals surface area contributed by atoms with Crippen LogP contribution in [0.1, 0.15) is 36.8 Å². The lowest BCUT2D eigenvalue weighted by Crippen LogP contribution is -2.24. The summed E-state index contributed by atoms with van der Waals surface area (Å²) in [7, 11) is 10.6. The standard InChI is InChI=1S/C38H48N8/c1-43(2)25-11-9-23-39-27-30-15-19-32(20-16-30)35-36-38(46(29-45(36)5)34-13-7-6-8-14-34)42-37(41-35)33-21-17-31(18-22-33)28-40-24-10-12-26-44(3)4/h6-8,13-22,27-28H,9-12,23-26,29H2,1-5H3. The highest BCUT2D eigenvalue weighted by Crippen LogP contribution is 2.44. The van der Waals surface area contributed by atoms with Crippen molar-refractivity contribution in [2.75, 3.05) is 77.9 Å². The second kappa shape index (κ2) is 16.2. The fraction of sp³-hybridized carbons (Fsp3) is 0.368. The summed E-state index contributed by atoms with van der Waals surface area (Å²) in [5.41, 5.74) is 7.29. The van der Waals surface area contributed by atoms with Gasteiger partial charge < -0.3 is 19.6 Å². The Morgan fingerprint density at radius 2 is 1.22 bits per heavy atom. The molecule has 0 atom stereocenters. The van der Waals surface area contributed by atoms with Gasteiger partial charge in [-0.1, -0.05) is 66.7 Å². The highest BCUT2D eigenvalue weighted by Gasteiger charge is 2.31. The Kier molecular flexibility index (Phi) is 11.6. The predicted molar refractivity (Wildman–Crippen MR) is 195 cm³/mol. The minimum atomic E-state index is 0.701. The minimum absolute atomic E-state index is 0.701. The number of hydrogen-bond donors (Lipinski definition) is 0. The Bertz CT molecular complexity index is 1580. The number of aliphatic imine (C=N–C) groups is 2. The number of benzene rings is 3. The van der Waals surface area contributed by atoms with Crippen LogP contribution in [0.2, 0.25) is 0 Å². The molecule has 0 spiro atoms. The second-order valence-corrected chi connectivity index (χ2v) is 12.5. The molecule has 8 nitrogen and oxygen atoms in total. The summed E-state index contributed by atoms with van der Waals surface area (Å²) in [6.45, 7) is 4.59. The first-order valence-electron chi connectivity index (χ1n) is 16.3. The van der Waals surface area contributed by atoms with Gasteiger partial charge in [0.15, 0.2) is 11.6 Å². The Labute approximate surface area is 275 Å². The molecule has 0 saturated heterocycles. The fourth-order valence-electron chi connectivity index (χ4n) is 5.52. The second-order valence-electron chi connectivity index (χ2n) is 12.5. The van der Waals surface area contributed by atoms with Crippen LogP contribution >= 0.6 is 0 Å². The van der Waals surface area contributed by atoms with E-state index in [2.05, 4.69) is 138 Å². The average Bonchev–Trinajstić information content (AvgIpc) is 3.40. The molecule has 0 fully saturated rings. The molecule has 4 aromatic rings. The van der Waals surface area contributed by atoms with E-state index in [1.165, 1.54) is 0 Å². The first kappa shape index (κ1) is 33.0.